The number of nitrogens with one attached hydrogen (secondary N) is 1. The van der Waals surface area contributed by atoms with E-state index in [1.165, 1.54) is 6.42 Å². The van der Waals surface area contributed by atoms with Crippen LogP contribution in [0.15, 0.2) is 18.2 Å². The molecular weight excluding hydrogens is 264 g/mol. The number of rotatable bonds is 2. The number of aromatic nitrogens is 1. The Kier molecular flexibility index (Phi) is 4.98. The highest BCUT2D eigenvalue weighted by atomic mass is 16.2. The Bertz CT molecular complexity index is 570. The highest BCUT2D eigenvalue weighted by Gasteiger charge is 2.37. The molecule has 1 aromatic heterocycles. The number of anilines is 1. The lowest BCUT2D eigenvalue weighted by molar-refractivity contribution is -0.124. The van der Waals surface area contributed by atoms with Crippen molar-refractivity contribution in [1.82, 2.24) is 4.98 Å². The number of pyridine rings is 1. The van der Waals surface area contributed by atoms with Gasteiger partial charge in [0.25, 0.3) is 0 Å². The van der Waals surface area contributed by atoms with Crippen molar-refractivity contribution < 1.29 is 9.90 Å². The Morgan fingerprint density at radius 3 is 3.00 bits per heavy atom. The van der Waals surface area contributed by atoms with Crippen molar-refractivity contribution in [2.24, 2.45) is 11.3 Å². The zero-order chi connectivity index (χ0) is 15.3. The van der Waals surface area contributed by atoms with Crippen LogP contribution in [0, 0.1) is 23.2 Å². The predicted molar refractivity (Wildman–Crippen MR) is 82.6 cm³/mol. The lowest BCUT2D eigenvalue weighted by Gasteiger charge is -2.37. The molecule has 1 heterocycles. The summed E-state index contributed by atoms with van der Waals surface area (Å²) in [7, 11) is 0. The van der Waals surface area contributed by atoms with Crippen molar-refractivity contribution in [3.8, 4) is 11.8 Å². The molecule has 4 nitrogen and oxygen atoms in total. The van der Waals surface area contributed by atoms with Crippen molar-refractivity contribution in [3.63, 3.8) is 0 Å². The van der Waals surface area contributed by atoms with Gasteiger partial charge >= 0.3 is 0 Å². The number of aliphatic hydroxyl groups is 1. The topological polar surface area (TPSA) is 62.2 Å². The van der Waals surface area contributed by atoms with Gasteiger partial charge in [-0.3, -0.25) is 4.79 Å². The normalized spacial score (nSPS) is 20.2. The Balaban J connectivity index is 2.08. The first-order chi connectivity index (χ1) is 10.0. The average molecular weight is 286 g/mol. The smallest absolute Gasteiger partial charge is 0.229 e. The monoisotopic (exact) mass is 286 g/mol. The molecule has 0 bridgehead atoms. The van der Waals surface area contributed by atoms with E-state index in [9.17, 15) is 4.79 Å². The standard InChI is InChI=1S/C17H22N2O2/c1-17(2)11-4-3-9-14(17)16(21)19-15-10-5-7-13(18-15)8-6-12-20/h5,7,10,14,20H,3-4,9,11-12H2,1-2H3,(H,18,19,21). The van der Waals surface area contributed by atoms with Crippen LogP contribution in [0.4, 0.5) is 5.82 Å². The van der Waals surface area contributed by atoms with Crippen LogP contribution in [0.1, 0.15) is 45.2 Å². The highest BCUT2D eigenvalue weighted by Crippen LogP contribution is 2.40. The van der Waals surface area contributed by atoms with E-state index in [2.05, 4.69) is 36.0 Å². The van der Waals surface area contributed by atoms with Crippen LogP contribution in [0.5, 0.6) is 0 Å². The summed E-state index contributed by atoms with van der Waals surface area (Å²) in [5, 5.41) is 11.6. The van der Waals surface area contributed by atoms with E-state index in [0.29, 0.717) is 11.5 Å². The second-order valence-corrected chi connectivity index (χ2v) is 6.14. The Morgan fingerprint density at radius 2 is 2.29 bits per heavy atom. The van der Waals surface area contributed by atoms with Crippen LogP contribution in [0.25, 0.3) is 0 Å². The predicted octanol–water partition coefficient (Wildman–Crippen LogP) is 2.58. The van der Waals surface area contributed by atoms with Crippen LogP contribution < -0.4 is 5.32 Å². The van der Waals surface area contributed by atoms with Gasteiger partial charge in [0, 0.05) is 5.92 Å². The molecule has 1 atom stereocenters. The minimum absolute atomic E-state index is 0.0280. The van der Waals surface area contributed by atoms with E-state index in [1.807, 2.05) is 0 Å². The SMILES string of the molecule is CC1(C)CCCCC1C(=O)Nc1cccc(C#CCO)n1. The van der Waals surface area contributed by atoms with E-state index in [0.717, 1.165) is 19.3 Å². The van der Waals surface area contributed by atoms with Crippen LogP contribution in [0.3, 0.4) is 0 Å². The number of hydrogen-bond donors (Lipinski definition) is 2. The Hall–Kier alpha value is -1.86. The second kappa shape index (κ2) is 6.73. The lowest BCUT2D eigenvalue weighted by atomic mass is 9.68. The molecule has 0 aliphatic heterocycles. The van der Waals surface area contributed by atoms with Crippen LogP contribution in [-0.2, 0) is 4.79 Å². The lowest BCUT2D eigenvalue weighted by Crippen LogP contribution is -2.37. The Morgan fingerprint density at radius 1 is 1.48 bits per heavy atom. The van der Waals surface area contributed by atoms with Crippen molar-refractivity contribution in [2.45, 2.75) is 39.5 Å². The molecule has 112 valence electrons. The molecule has 1 amide bonds. The van der Waals surface area contributed by atoms with Gasteiger partial charge in [0.2, 0.25) is 5.91 Å². The molecule has 0 spiro atoms. The van der Waals surface area contributed by atoms with Crippen molar-refractivity contribution in [1.29, 1.82) is 0 Å². The largest absolute Gasteiger partial charge is 0.384 e. The molecule has 21 heavy (non-hydrogen) atoms. The quantitative estimate of drug-likeness (QED) is 0.821. The first-order valence-electron chi connectivity index (χ1n) is 7.40. The zero-order valence-corrected chi connectivity index (χ0v) is 12.6. The number of aliphatic hydroxyl groups excluding tert-OH is 1. The van der Waals surface area contributed by atoms with Gasteiger partial charge in [-0.25, -0.2) is 4.98 Å². The van der Waals surface area contributed by atoms with Gasteiger partial charge < -0.3 is 10.4 Å². The van der Waals surface area contributed by atoms with Gasteiger partial charge in [0.1, 0.15) is 18.1 Å². The van der Waals surface area contributed by atoms with Crippen molar-refractivity contribution >= 4 is 11.7 Å². The molecule has 0 radical (unpaired) electrons. The third kappa shape index (κ3) is 4.05. The van der Waals surface area contributed by atoms with Crippen molar-refractivity contribution in [2.75, 3.05) is 11.9 Å². The van der Waals surface area contributed by atoms with Crippen LogP contribution >= 0.6 is 0 Å². The molecule has 2 N–H and O–H groups in total. The van der Waals surface area contributed by atoms with Gasteiger partial charge in [-0.05, 0) is 36.3 Å². The third-order valence-corrected chi connectivity index (χ3v) is 4.12. The minimum Gasteiger partial charge on any atom is -0.384 e. The van der Waals surface area contributed by atoms with E-state index in [4.69, 9.17) is 5.11 Å². The first kappa shape index (κ1) is 15.5. The van der Waals surface area contributed by atoms with E-state index >= 15 is 0 Å². The molecule has 0 aromatic carbocycles. The number of nitrogens with zero attached hydrogens (tertiary/aromatic N) is 1. The average Bonchev–Trinajstić information content (AvgIpc) is 2.45. The molecule has 1 fully saturated rings. The molecule has 1 unspecified atom stereocenters. The number of amides is 1. The second-order valence-electron chi connectivity index (χ2n) is 6.14. The van der Waals surface area contributed by atoms with Gasteiger partial charge in [-0.2, -0.15) is 0 Å². The Labute approximate surface area is 126 Å². The molecule has 1 aliphatic rings. The molecule has 1 aromatic rings. The highest BCUT2D eigenvalue weighted by molar-refractivity contribution is 5.92. The maximum Gasteiger partial charge on any atom is 0.229 e. The molecule has 4 heteroatoms. The van der Waals surface area contributed by atoms with E-state index in [1.54, 1.807) is 18.2 Å². The van der Waals surface area contributed by atoms with Gasteiger partial charge in [-0.15, -0.1) is 0 Å². The van der Waals surface area contributed by atoms with Gasteiger partial charge in [0.15, 0.2) is 0 Å². The summed E-state index contributed by atoms with van der Waals surface area (Å²) in [5.41, 5.74) is 0.584. The first-order valence-corrected chi connectivity index (χ1v) is 7.40. The van der Waals surface area contributed by atoms with E-state index in [-0.39, 0.29) is 23.8 Å². The van der Waals surface area contributed by atoms with Gasteiger partial charge in [0.05, 0.1) is 0 Å². The van der Waals surface area contributed by atoms with Crippen LogP contribution in [-0.4, -0.2) is 22.6 Å². The zero-order valence-electron chi connectivity index (χ0n) is 12.6. The summed E-state index contributed by atoms with van der Waals surface area (Å²) in [5.74, 6) is 5.88. The van der Waals surface area contributed by atoms with Gasteiger partial charge in [-0.1, -0.05) is 38.7 Å². The molecular formula is C17H22N2O2. The summed E-state index contributed by atoms with van der Waals surface area (Å²) in [6, 6.07) is 5.32. The fourth-order valence-corrected chi connectivity index (χ4v) is 2.90. The van der Waals surface area contributed by atoms with E-state index < -0.39 is 0 Å². The summed E-state index contributed by atoms with van der Waals surface area (Å²) in [6.45, 7) is 4.12. The maximum atomic E-state index is 12.5. The summed E-state index contributed by atoms with van der Waals surface area (Å²) in [6.07, 6.45) is 4.32. The third-order valence-electron chi connectivity index (χ3n) is 4.12. The molecule has 1 saturated carbocycles. The maximum absolute atomic E-state index is 12.5. The number of hydrogen-bond acceptors (Lipinski definition) is 3. The van der Waals surface area contributed by atoms with Crippen molar-refractivity contribution in [3.05, 3.63) is 23.9 Å². The molecule has 1 aliphatic carbocycles. The van der Waals surface area contributed by atoms with Crippen LogP contribution in [0.2, 0.25) is 0 Å². The number of carbonyl (C=O) groups excluding carboxylic acids is 1. The summed E-state index contributed by atoms with van der Waals surface area (Å²) in [4.78, 5) is 16.8. The summed E-state index contributed by atoms with van der Waals surface area (Å²) < 4.78 is 0. The molecule has 0 saturated heterocycles. The molecule has 2 rings (SSSR count). The number of carbonyl (C=O) groups is 1. The fourth-order valence-electron chi connectivity index (χ4n) is 2.90. The summed E-state index contributed by atoms with van der Waals surface area (Å²) >= 11 is 0. The minimum atomic E-state index is -0.200. The fraction of sp³-hybridized carbons (Fsp3) is 0.529.